The highest BCUT2D eigenvalue weighted by Gasteiger charge is 2.24. The fourth-order valence-electron chi connectivity index (χ4n) is 4.69. The van der Waals surface area contributed by atoms with Crippen molar-refractivity contribution in [3.8, 4) is 22.9 Å². The molecule has 4 rings (SSSR count). The van der Waals surface area contributed by atoms with Gasteiger partial charge in [-0.15, -0.1) is 0 Å². The number of carbonyl (C=O) groups excluding carboxylic acids is 1. The van der Waals surface area contributed by atoms with Gasteiger partial charge in [0.1, 0.15) is 23.9 Å². The van der Waals surface area contributed by atoms with E-state index in [1.807, 2.05) is 45.0 Å². The summed E-state index contributed by atoms with van der Waals surface area (Å²) in [4.78, 5) is 25.8. The summed E-state index contributed by atoms with van der Waals surface area (Å²) in [5.41, 5.74) is 10.6. The average Bonchev–Trinajstić information content (AvgIpc) is 2.83. The molecule has 1 aliphatic heterocycles. The minimum Gasteiger partial charge on any atom is -0.491 e. The molecule has 1 aliphatic rings. The Labute approximate surface area is 219 Å². The highest BCUT2D eigenvalue weighted by Crippen LogP contribution is 2.31. The first-order valence-electron chi connectivity index (χ1n) is 12.8. The van der Waals surface area contributed by atoms with E-state index in [-0.39, 0.29) is 18.6 Å². The van der Waals surface area contributed by atoms with Gasteiger partial charge in [0.2, 0.25) is 5.91 Å². The van der Waals surface area contributed by atoms with E-state index in [0.29, 0.717) is 6.61 Å². The molecule has 2 aromatic carbocycles. The van der Waals surface area contributed by atoms with Gasteiger partial charge < -0.3 is 20.1 Å². The third kappa shape index (κ3) is 6.57. The van der Waals surface area contributed by atoms with Crippen molar-refractivity contribution >= 4 is 11.7 Å². The van der Waals surface area contributed by atoms with Crippen LogP contribution >= 0.6 is 0 Å². The number of primary amides is 1. The highest BCUT2D eigenvalue weighted by atomic mass is 16.5. The number of benzene rings is 2. The Morgan fingerprint density at radius 1 is 0.973 bits per heavy atom. The monoisotopic (exact) mass is 503 g/mol. The van der Waals surface area contributed by atoms with Crippen LogP contribution in [0.4, 0.5) is 5.82 Å². The standard InChI is InChI=1S/C29H37N5O3/c1-19(2)37-24-11-7-10-23(16-24)36-18-25-22(5)31-28(27-20(3)8-6-9-21(27)4)32-29(25)34-14-12-33(13-15-34)17-26(30)35/h6-11,16,19H,12-15,17-18H2,1-5H3,(H2,30,35). The van der Waals surface area contributed by atoms with Crippen LogP contribution in [0.5, 0.6) is 11.5 Å². The molecule has 196 valence electrons. The molecule has 0 saturated carbocycles. The van der Waals surface area contributed by atoms with Crippen LogP contribution < -0.4 is 20.1 Å². The average molecular weight is 504 g/mol. The molecule has 8 heteroatoms. The summed E-state index contributed by atoms with van der Waals surface area (Å²) in [5.74, 6) is 2.80. The second-order valence-corrected chi connectivity index (χ2v) is 9.86. The summed E-state index contributed by atoms with van der Waals surface area (Å²) >= 11 is 0. The number of hydrogen-bond acceptors (Lipinski definition) is 7. The molecule has 0 unspecified atom stereocenters. The normalized spacial score (nSPS) is 14.2. The molecule has 0 radical (unpaired) electrons. The summed E-state index contributed by atoms with van der Waals surface area (Å²) in [6.45, 7) is 13.8. The molecule has 1 saturated heterocycles. The number of ether oxygens (including phenoxy) is 2. The Balaban J connectivity index is 1.66. The number of nitrogens with zero attached hydrogens (tertiary/aromatic N) is 4. The van der Waals surface area contributed by atoms with Crippen molar-refractivity contribution in [2.75, 3.05) is 37.6 Å². The van der Waals surface area contributed by atoms with E-state index in [2.05, 4.69) is 41.8 Å². The SMILES string of the molecule is Cc1cccc(C)c1-c1nc(C)c(COc2cccc(OC(C)C)c2)c(N2CCN(CC(N)=O)CC2)n1. The third-order valence-corrected chi connectivity index (χ3v) is 6.51. The van der Waals surface area contributed by atoms with Gasteiger partial charge in [0, 0.05) is 37.8 Å². The lowest BCUT2D eigenvalue weighted by atomic mass is 10.0. The fraction of sp³-hybridized carbons (Fsp3) is 0.414. The van der Waals surface area contributed by atoms with Crippen LogP contribution in [0.2, 0.25) is 0 Å². The third-order valence-electron chi connectivity index (χ3n) is 6.51. The Kier molecular flexibility index (Phi) is 8.28. The zero-order valence-corrected chi connectivity index (χ0v) is 22.5. The second kappa shape index (κ2) is 11.6. The van der Waals surface area contributed by atoms with Crippen LogP contribution in [-0.4, -0.2) is 59.6 Å². The van der Waals surface area contributed by atoms with Gasteiger partial charge in [-0.05, 0) is 57.9 Å². The predicted octanol–water partition coefficient (Wildman–Crippen LogP) is 4.04. The number of nitrogens with two attached hydrogens (primary N) is 1. The molecule has 0 aliphatic carbocycles. The largest absolute Gasteiger partial charge is 0.491 e. The molecule has 1 fully saturated rings. The topological polar surface area (TPSA) is 93.8 Å². The Bertz CT molecular complexity index is 1230. The first-order valence-corrected chi connectivity index (χ1v) is 12.8. The van der Waals surface area contributed by atoms with Gasteiger partial charge >= 0.3 is 0 Å². The van der Waals surface area contributed by atoms with Crippen LogP contribution in [0.1, 0.15) is 36.2 Å². The van der Waals surface area contributed by atoms with Gasteiger partial charge in [-0.25, -0.2) is 9.97 Å². The van der Waals surface area contributed by atoms with E-state index in [0.717, 1.165) is 77.3 Å². The van der Waals surface area contributed by atoms with Crippen molar-refractivity contribution in [2.45, 2.75) is 47.3 Å². The molecule has 0 spiro atoms. The number of aromatic nitrogens is 2. The van der Waals surface area contributed by atoms with Gasteiger partial charge in [-0.1, -0.05) is 24.3 Å². The summed E-state index contributed by atoms with van der Waals surface area (Å²) in [6, 6.07) is 13.9. The van der Waals surface area contributed by atoms with E-state index in [1.165, 1.54) is 0 Å². The minimum absolute atomic E-state index is 0.0863. The molecule has 3 aromatic rings. The molecule has 0 atom stereocenters. The summed E-state index contributed by atoms with van der Waals surface area (Å²) in [5, 5.41) is 0. The van der Waals surface area contributed by atoms with Gasteiger partial charge in [0.25, 0.3) is 0 Å². The van der Waals surface area contributed by atoms with Crippen LogP contribution in [0.15, 0.2) is 42.5 Å². The first-order chi connectivity index (χ1) is 17.7. The molecule has 8 nitrogen and oxygen atoms in total. The van der Waals surface area contributed by atoms with Crippen LogP contribution in [0.25, 0.3) is 11.4 Å². The van der Waals surface area contributed by atoms with E-state index >= 15 is 0 Å². The lowest BCUT2D eigenvalue weighted by Crippen LogP contribution is -2.49. The van der Waals surface area contributed by atoms with Gasteiger partial charge in [-0.2, -0.15) is 0 Å². The number of carbonyl (C=O) groups is 1. The molecule has 2 heterocycles. The van der Waals surface area contributed by atoms with E-state index in [9.17, 15) is 4.79 Å². The van der Waals surface area contributed by atoms with Gasteiger partial charge in [-0.3, -0.25) is 9.69 Å². The van der Waals surface area contributed by atoms with Crippen molar-refractivity contribution in [3.63, 3.8) is 0 Å². The maximum atomic E-state index is 11.4. The summed E-state index contributed by atoms with van der Waals surface area (Å²) in [7, 11) is 0. The van der Waals surface area contributed by atoms with Crippen molar-refractivity contribution in [1.82, 2.24) is 14.9 Å². The zero-order valence-electron chi connectivity index (χ0n) is 22.5. The smallest absolute Gasteiger partial charge is 0.231 e. The van der Waals surface area contributed by atoms with E-state index in [1.54, 1.807) is 0 Å². The molecule has 37 heavy (non-hydrogen) atoms. The fourth-order valence-corrected chi connectivity index (χ4v) is 4.69. The number of hydrogen-bond donors (Lipinski definition) is 1. The van der Waals surface area contributed by atoms with E-state index in [4.69, 9.17) is 25.2 Å². The van der Waals surface area contributed by atoms with Crippen LogP contribution in [0, 0.1) is 20.8 Å². The van der Waals surface area contributed by atoms with Crippen LogP contribution in [0.3, 0.4) is 0 Å². The second-order valence-electron chi connectivity index (χ2n) is 9.86. The quantitative estimate of drug-likeness (QED) is 0.471. The Hall–Kier alpha value is -3.65. The number of aryl methyl sites for hydroxylation is 3. The Morgan fingerprint density at radius 2 is 1.62 bits per heavy atom. The van der Waals surface area contributed by atoms with E-state index < -0.39 is 0 Å². The number of rotatable bonds is 9. The lowest BCUT2D eigenvalue weighted by molar-refractivity contribution is -0.119. The number of piperazine rings is 1. The Morgan fingerprint density at radius 3 is 2.27 bits per heavy atom. The van der Waals surface area contributed by atoms with Crippen molar-refractivity contribution in [2.24, 2.45) is 5.73 Å². The van der Waals surface area contributed by atoms with Crippen molar-refractivity contribution in [1.29, 1.82) is 0 Å². The number of anilines is 1. The maximum absolute atomic E-state index is 11.4. The van der Waals surface area contributed by atoms with Crippen molar-refractivity contribution in [3.05, 3.63) is 64.8 Å². The zero-order chi connectivity index (χ0) is 26.5. The molecule has 0 bridgehead atoms. The number of amides is 1. The predicted molar refractivity (Wildman–Crippen MR) is 146 cm³/mol. The molecular weight excluding hydrogens is 466 g/mol. The first kappa shape index (κ1) is 26.4. The summed E-state index contributed by atoms with van der Waals surface area (Å²) in [6.07, 6.45) is 0.0863. The molecular formula is C29H37N5O3. The molecule has 2 N–H and O–H groups in total. The lowest BCUT2D eigenvalue weighted by Gasteiger charge is -2.36. The van der Waals surface area contributed by atoms with Crippen molar-refractivity contribution < 1.29 is 14.3 Å². The molecule has 1 amide bonds. The van der Waals surface area contributed by atoms with Gasteiger partial charge in [0.05, 0.1) is 23.9 Å². The molecule has 1 aromatic heterocycles. The summed E-state index contributed by atoms with van der Waals surface area (Å²) < 4.78 is 12.1. The highest BCUT2D eigenvalue weighted by molar-refractivity contribution is 5.76. The maximum Gasteiger partial charge on any atom is 0.231 e. The minimum atomic E-state index is -0.304. The van der Waals surface area contributed by atoms with Gasteiger partial charge in [0.15, 0.2) is 5.82 Å². The van der Waals surface area contributed by atoms with Crippen LogP contribution in [-0.2, 0) is 11.4 Å².